The van der Waals surface area contributed by atoms with Crippen LogP contribution in [0.15, 0.2) is 18.2 Å². The predicted molar refractivity (Wildman–Crippen MR) is 81.4 cm³/mol. The lowest BCUT2D eigenvalue weighted by molar-refractivity contribution is 1.54. The Labute approximate surface area is 114 Å². The molecule has 0 fully saturated rings. The number of thiophene rings is 1. The third-order valence-corrected chi connectivity index (χ3v) is 4.94. The molecule has 4 heteroatoms. The molecule has 0 spiro atoms. The van der Waals surface area contributed by atoms with Crippen molar-refractivity contribution in [3.63, 3.8) is 0 Å². The molecule has 2 rings (SSSR count). The van der Waals surface area contributed by atoms with Gasteiger partial charge in [0.2, 0.25) is 0 Å². The van der Waals surface area contributed by atoms with E-state index in [2.05, 4.69) is 19.9 Å². The summed E-state index contributed by atoms with van der Waals surface area (Å²) in [5.41, 5.74) is 1.20. The minimum atomic E-state index is 0.774. The number of thioether (sulfide) groups is 1. The molecule has 0 nitrogen and oxygen atoms in total. The summed E-state index contributed by atoms with van der Waals surface area (Å²) >= 11 is 15.0. The number of thiocarbonyl (C=S) groups is 1. The zero-order chi connectivity index (χ0) is 11.7. The molecule has 1 heterocycles. The molecule has 0 N–H and O–H groups in total. The van der Waals surface area contributed by atoms with Crippen LogP contribution in [0.5, 0.6) is 0 Å². The first-order valence-corrected chi connectivity index (χ1v) is 7.58. The summed E-state index contributed by atoms with van der Waals surface area (Å²) in [5.74, 6) is 1.01. The van der Waals surface area contributed by atoms with Crippen LogP contribution >= 0.6 is 46.9 Å². The van der Waals surface area contributed by atoms with Crippen LogP contribution in [-0.2, 0) is 0 Å². The van der Waals surface area contributed by atoms with Crippen molar-refractivity contribution in [3.8, 4) is 0 Å². The third kappa shape index (κ3) is 2.28. The van der Waals surface area contributed by atoms with Gasteiger partial charge in [-0.15, -0.1) is 23.1 Å². The molecule has 0 amide bonds. The van der Waals surface area contributed by atoms with Gasteiger partial charge >= 0.3 is 0 Å². The van der Waals surface area contributed by atoms with Crippen molar-refractivity contribution in [1.29, 1.82) is 0 Å². The van der Waals surface area contributed by atoms with E-state index in [4.69, 9.17) is 23.8 Å². The summed E-state index contributed by atoms with van der Waals surface area (Å²) < 4.78 is 2.24. The quantitative estimate of drug-likeness (QED) is 0.688. The highest BCUT2D eigenvalue weighted by atomic mass is 35.5. The SMILES string of the molecule is CCSC(=S)c1c(C)sc2ccc(Cl)cc12. The lowest BCUT2D eigenvalue weighted by atomic mass is 10.1. The molecule has 1 aromatic heterocycles. The molecule has 0 saturated heterocycles. The second kappa shape index (κ2) is 5.05. The van der Waals surface area contributed by atoms with Gasteiger partial charge in [-0.3, -0.25) is 0 Å². The molecular weight excluding hydrogens is 276 g/mol. The summed E-state index contributed by atoms with van der Waals surface area (Å²) in [6, 6.07) is 6.01. The van der Waals surface area contributed by atoms with Crippen molar-refractivity contribution < 1.29 is 0 Å². The second-order valence-electron chi connectivity index (χ2n) is 3.39. The van der Waals surface area contributed by atoms with Gasteiger partial charge in [0.25, 0.3) is 0 Å². The molecular formula is C12H11ClS3. The van der Waals surface area contributed by atoms with Crippen molar-refractivity contribution in [2.24, 2.45) is 0 Å². The Morgan fingerprint density at radius 3 is 2.94 bits per heavy atom. The first kappa shape index (κ1) is 12.4. The summed E-state index contributed by atoms with van der Waals surface area (Å²) in [6.45, 7) is 4.24. The third-order valence-electron chi connectivity index (χ3n) is 2.31. The van der Waals surface area contributed by atoms with Gasteiger partial charge in [-0.25, -0.2) is 0 Å². The summed E-state index contributed by atoms with van der Waals surface area (Å²) in [6.07, 6.45) is 0. The molecule has 0 unspecified atom stereocenters. The van der Waals surface area contributed by atoms with Crippen LogP contribution < -0.4 is 0 Å². The molecule has 84 valence electrons. The van der Waals surface area contributed by atoms with Gasteiger partial charge in [-0.2, -0.15) is 0 Å². The lowest BCUT2D eigenvalue weighted by Crippen LogP contribution is -1.92. The van der Waals surface area contributed by atoms with Crippen LogP contribution in [0.3, 0.4) is 0 Å². The van der Waals surface area contributed by atoms with E-state index >= 15 is 0 Å². The van der Waals surface area contributed by atoms with Crippen LogP contribution in [0.25, 0.3) is 10.1 Å². The molecule has 0 aliphatic heterocycles. The summed E-state index contributed by atoms with van der Waals surface area (Å²) in [7, 11) is 0. The fourth-order valence-corrected chi connectivity index (χ4v) is 4.29. The highest BCUT2D eigenvalue weighted by molar-refractivity contribution is 8.23. The molecule has 0 aliphatic rings. The van der Waals surface area contributed by atoms with Gasteiger partial charge in [-0.05, 0) is 30.9 Å². The van der Waals surface area contributed by atoms with Crippen molar-refractivity contribution in [1.82, 2.24) is 0 Å². The second-order valence-corrected chi connectivity index (χ2v) is 7.03. The number of benzene rings is 1. The van der Waals surface area contributed by atoms with Gasteiger partial charge in [0, 0.05) is 25.5 Å². The van der Waals surface area contributed by atoms with Crippen molar-refractivity contribution in [2.45, 2.75) is 13.8 Å². The fraction of sp³-hybridized carbons (Fsp3) is 0.250. The zero-order valence-electron chi connectivity index (χ0n) is 9.04. The van der Waals surface area contributed by atoms with Crippen LogP contribution in [-0.4, -0.2) is 9.95 Å². The van der Waals surface area contributed by atoms with Crippen molar-refractivity contribution in [2.75, 3.05) is 5.75 Å². The number of halogens is 1. The van der Waals surface area contributed by atoms with E-state index in [0.717, 1.165) is 15.0 Å². The maximum absolute atomic E-state index is 6.04. The number of rotatable bonds is 2. The van der Waals surface area contributed by atoms with Gasteiger partial charge in [-0.1, -0.05) is 30.7 Å². The molecule has 0 aliphatic carbocycles. The Bertz CT molecular complexity index is 542. The number of fused-ring (bicyclic) bond motifs is 1. The maximum Gasteiger partial charge on any atom is 0.0795 e. The Morgan fingerprint density at radius 1 is 1.50 bits per heavy atom. The molecule has 0 saturated carbocycles. The van der Waals surface area contributed by atoms with Crippen LogP contribution in [0, 0.1) is 6.92 Å². The molecule has 1 aromatic carbocycles. The lowest BCUT2D eigenvalue weighted by Gasteiger charge is -2.02. The van der Waals surface area contributed by atoms with Crippen LogP contribution in [0.4, 0.5) is 0 Å². The number of aryl methyl sites for hydroxylation is 1. The number of hydrogen-bond donors (Lipinski definition) is 0. The van der Waals surface area contributed by atoms with Crippen molar-refractivity contribution >= 4 is 61.2 Å². The van der Waals surface area contributed by atoms with Gasteiger partial charge < -0.3 is 0 Å². The average Bonchev–Trinajstić information content (AvgIpc) is 2.53. The Morgan fingerprint density at radius 2 is 2.25 bits per heavy atom. The smallest absolute Gasteiger partial charge is 0.0795 e. The molecule has 16 heavy (non-hydrogen) atoms. The Hall–Kier alpha value is -0.0900. The standard InChI is InChI=1S/C12H11ClS3/c1-3-15-12(14)11-7(2)16-10-5-4-8(13)6-9(10)11/h4-6H,3H2,1-2H3. The number of hydrogen-bond acceptors (Lipinski definition) is 3. The normalized spacial score (nSPS) is 10.9. The highest BCUT2D eigenvalue weighted by Gasteiger charge is 2.13. The van der Waals surface area contributed by atoms with Crippen molar-refractivity contribution in [3.05, 3.63) is 33.7 Å². The largest absolute Gasteiger partial charge is 0.140 e. The Kier molecular flexibility index (Phi) is 3.90. The Balaban J connectivity index is 2.62. The predicted octanol–water partition coefficient (Wildman–Crippen LogP) is 5.29. The molecule has 2 aromatic rings. The molecule has 0 atom stereocenters. The first-order chi connectivity index (χ1) is 7.63. The maximum atomic E-state index is 6.04. The van der Waals surface area contributed by atoms with Gasteiger partial charge in [0.15, 0.2) is 0 Å². The van der Waals surface area contributed by atoms with Gasteiger partial charge in [0.05, 0.1) is 4.20 Å². The van der Waals surface area contributed by atoms with E-state index in [9.17, 15) is 0 Å². The highest BCUT2D eigenvalue weighted by Crippen LogP contribution is 2.35. The minimum absolute atomic E-state index is 0.774. The average molecular weight is 287 g/mol. The van der Waals surface area contributed by atoms with E-state index in [1.807, 2.05) is 12.1 Å². The van der Waals surface area contributed by atoms with E-state index < -0.39 is 0 Å². The monoisotopic (exact) mass is 286 g/mol. The van der Waals surface area contributed by atoms with Gasteiger partial charge in [0.1, 0.15) is 0 Å². The minimum Gasteiger partial charge on any atom is -0.140 e. The van der Waals surface area contributed by atoms with E-state index in [-0.39, 0.29) is 0 Å². The summed E-state index contributed by atoms with van der Waals surface area (Å²) in [4.78, 5) is 1.28. The fourth-order valence-electron chi connectivity index (χ4n) is 1.65. The van der Waals surface area contributed by atoms with E-state index in [0.29, 0.717) is 0 Å². The molecule has 0 radical (unpaired) electrons. The van der Waals surface area contributed by atoms with E-state index in [1.165, 1.54) is 20.5 Å². The summed E-state index contributed by atoms with van der Waals surface area (Å²) in [5, 5.41) is 1.97. The van der Waals surface area contributed by atoms with E-state index in [1.54, 1.807) is 23.1 Å². The zero-order valence-corrected chi connectivity index (χ0v) is 12.2. The van der Waals surface area contributed by atoms with Crippen LogP contribution in [0.2, 0.25) is 5.02 Å². The first-order valence-electron chi connectivity index (χ1n) is 4.99. The van der Waals surface area contributed by atoms with Crippen LogP contribution in [0.1, 0.15) is 17.4 Å². The topological polar surface area (TPSA) is 0 Å². The molecule has 0 bridgehead atoms.